The molecule has 3 heteroatoms. The van der Waals surface area contributed by atoms with Crippen LogP contribution >= 0.6 is 0 Å². The van der Waals surface area contributed by atoms with Crippen LogP contribution in [0.2, 0.25) is 0 Å². The zero-order chi connectivity index (χ0) is 9.78. The fraction of sp³-hybridized carbons (Fsp3) is 0.556. The third-order valence-electron chi connectivity index (χ3n) is 1.03. The van der Waals surface area contributed by atoms with Crippen molar-refractivity contribution < 1.29 is 9.53 Å². The molecule has 0 bridgehead atoms. The first-order valence-electron chi connectivity index (χ1n) is 3.70. The summed E-state index contributed by atoms with van der Waals surface area (Å²) in [5, 5.41) is 8.47. The summed E-state index contributed by atoms with van der Waals surface area (Å²) >= 11 is 0. The predicted molar refractivity (Wildman–Crippen MR) is 45.2 cm³/mol. The standard InChI is InChI=1S/C9H13NO2/c1-5-7(6-10)8(11)12-9(2,3)4/h5H,1-4H3/b7-5+. The normalized spacial score (nSPS) is 12.1. The van der Waals surface area contributed by atoms with Gasteiger partial charge in [-0.05, 0) is 27.7 Å². The summed E-state index contributed by atoms with van der Waals surface area (Å²) in [6.45, 7) is 6.91. The lowest BCUT2D eigenvalue weighted by Gasteiger charge is -2.18. The van der Waals surface area contributed by atoms with Gasteiger partial charge in [-0.1, -0.05) is 6.08 Å². The van der Waals surface area contributed by atoms with Crippen LogP contribution in [0.25, 0.3) is 0 Å². The van der Waals surface area contributed by atoms with Crippen LogP contribution in [-0.2, 0) is 9.53 Å². The Morgan fingerprint density at radius 3 is 2.25 bits per heavy atom. The van der Waals surface area contributed by atoms with E-state index >= 15 is 0 Å². The van der Waals surface area contributed by atoms with Crippen LogP contribution in [-0.4, -0.2) is 11.6 Å². The molecule has 12 heavy (non-hydrogen) atoms. The molecule has 0 radical (unpaired) electrons. The highest BCUT2D eigenvalue weighted by atomic mass is 16.6. The third-order valence-corrected chi connectivity index (χ3v) is 1.03. The highest BCUT2D eigenvalue weighted by Crippen LogP contribution is 2.10. The fourth-order valence-corrected chi connectivity index (χ4v) is 0.561. The Morgan fingerprint density at radius 1 is 1.50 bits per heavy atom. The molecule has 0 aliphatic heterocycles. The van der Waals surface area contributed by atoms with Crippen molar-refractivity contribution >= 4 is 5.97 Å². The quantitative estimate of drug-likeness (QED) is 0.340. The molecule has 0 atom stereocenters. The molecule has 3 nitrogen and oxygen atoms in total. The van der Waals surface area contributed by atoms with E-state index in [2.05, 4.69) is 0 Å². The molecular formula is C9H13NO2. The zero-order valence-electron chi connectivity index (χ0n) is 7.84. The number of ether oxygens (including phenoxy) is 1. The minimum absolute atomic E-state index is 0.0462. The summed E-state index contributed by atoms with van der Waals surface area (Å²) in [4.78, 5) is 11.1. The average molecular weight is 167 g/mol. The van der Waals surface area contributed by atoms with Crippen LogP contribution in [0.1, 0.15) is 27.7 Å². The molecule has 0 saturated carbocycles. The molecule has 0 saturated heterocycles. The van der Waals surface area contributed by atoms with Crippen molar-refractivity contribution in [3.63, 3.8) is 0 Å². The molecule has 0 aromatic rings. The first kappa shape index (κ1) is 10.7. The molecule has 66 valence electrons. The Hall–Kier alpha value is -1.30. The largest absolute Gasteiger partial charge is 0.456 e. The lowest BCUT2D eigenvalue weighted by atomic mass is 10.2. The van der Waals surface area contributed by atoms with Gasteiger partial charge < -0.3 is 4.74 Å². The third kappa shape index (κ3) is 3.77. The van der Waals surface area contributed by atoms with Gasteiger partial charge in [-0.25, -0.2) is 4.79 Å². The molecule has 0 rings (SSSR count). The van der Waals surface area contributed by atoms with Crippen LogP contribution in [0.5, 0.6) is 0 Å². The van der Waals surface area contributed by atoms with E-state index in [-0.39, 0.29) is 5.57 Å². The maximum Gasteiger partial charge on any atom is 0.349 e. The maximum absolute atomic E-state index is 11.1. The zero-order valence-corrected chi connectivity index (χ0v) is 7.84. The molecule has 0 aromatic heterocycles. The van der Waals surface area contributed by atoms with E-state index < -0.39 is 11.6 Å². The van der Waals surface area contributed by atoms with Crippen molar-refractivity contribution in [3.05, 3.63) is 11.6 Å². The number of hydrogen-bond acceptors (Lipinski definition) is 3. The van der Waals surface area contributed by atoms with Gasteiger partial charge in [0.2, 0.25) is 0 Å². The highest BCUT2D eigenvalue weighted by molar-refractivity contribution is 5.92. The molecular weight excluding hydrogens is 154 g/mol. The van der Waals surface area contributed by atoms with Crippen LogP contribution in [0.15, 0.2) is 11.6 Å². The Morgan fingerprint density at radius 2 is 2.00 bits per heavy atom. The summed E-state index contributed by atoms with van der Waals surface area (Å²) in [7, 11) is 0. The molecule has 0 fully saturated rings. The number of hydrogen-bond donors (Lipinski definition) is 0. The van der Waals surface area contributed by atoms with Crippen molar-refractivity contribution in [2.45, 2.75) is 33.3 Å². The minimum Gasteiger partial charge on any atom is -0.456 e. The SMILES string of the molecule is C/C=C(\C#N)C(=O)OC(C)(C)C. The smallest absolute Gasteiger partial charge is 0.349 e. The van der Waals surface area contributed by atoms with Crippen molar-refractivity contribution in [1.82, 2.24) is 0 Å². The average Bonchev–Trinajstić information content (AvgIpc) is 1.85. The Kier molecular flexibility index (Phi) is 3.49. The Balaban J connectivity index is 4.36. The number of rotatable bonds is 1. The highest BCUT2D eigenvalue weighted by Gasteiger charge is 2.18. The van der Waals surface area contributed by atoms with Crippen molar-refractivity contribution in [2.75, 3.05) is 0 Å². The molecule has 0 aromatic carbocycles. The van der Waals surface area contributed by atoms with Crippen molar-refractivity contribution in [1.29, 1.82) is 5.26 Å². The van der Waals surface area contributed by atoms with Gasteiger partial charge in [-0.2, -0.15) is 5.26 Å². The lowest BCUT2D eigenvalue weighted by Crippen LogP contribution is -2.24. The second-order valence-corrected chi connectivity index (χ2v) is 3.32. The summed E-state index contributed by atoms with van der Waals surface area (Å²) < 4.78 is 4.95. The van der Waals surface area contributed by atoms with E-state index in [1.165, 1.54) is 6.08 Å². The summed E-state index contributed by atoms with van der Waals surface area (Å²) in [5.41, 5.74) is -0.493. The molecule has 0 spiro atoms. The predicted octanol–water partition coefficient (Wildman–Crippen LogP) is 1.80. The summed E-state index contributed by atoms with van der Waals surface area (Å²) in [6.07, 6.45) is 1.44. The van der Waals surface area contributed by atoms with Crippen molar-refractivity contribution in [3.8, 4) is 6.07 Å². The van der Waals surface area contributed by atoms with Crippen LogP contribution in [0.3, 0.4) is 0 Å². The van der Waals surface area contributed by atoms with E-state index in [1.807, 2.05) is 0 Å². The first-order chi connectivity index (χ1) is 5.40. The van der Waals surface area contributed by atoms with Gasteiger partial charge in [0.15, 0.2) is 0 Å². The number of allylic oxidation sites excluding steroid dienone is 1. The molecule has 0 aliphatic carbocycles. The number of esters is 1. The van der Waals surface area contributed by atoms with Crippen LogP contribution in [0, 0.1) is 11.3 Å². The second-order valence-electron chi connectivity index (χ2n) is 3.32. The minimum atomic E-state index is -0.563. The van der Waals surface area contributed by atoms with Crippen LogP contribution < -0.4 is 0 Å². The molecule has 0 heterocycles. The number of carbonyl (C=O) groups excluding carboxylic acids is 1. The summed E-state index contributed by atoms with van der Waals surface area (Å²) in [5.74, 6) is -0.563. The number of nitriles is 1. The molecule has 0 aliphatic rings. The molecule has 0 amide bonds. The number of nitrogens with zero attached hydrogens (tertiary/aromatic N) is 1. The van der Waals surface area contributed by atoms with Crippen molar-refractivity contribution in [2.24, 2.45) is 0 Å². The van der Waals surface area contributed by atoms with E-state index in [0.717, 1.165) is 0 Å². The Labute approximate surface area is 72.6 Å². The van der Waals surface area contributed by atoms with Gasteiger partial charge >= 0.3 is 5.97 Å². The molecule has 0 unspecified atom stereocenters. The van der Waals surface area contributed by atoms with E-state index in [1.54, 1.807) is 33.8 Å². The molecule has 0 N–H and O–H groups in total. The van der Waals surface area contributed by atoms with E-state index in [4.69, 9.17) is 10.00 Å². The van der Waals surface area contributed by atoms with E-state index in [0.29, 0.717) is 0 Å². The number of carbonyl (C=O) groups is 1. The van der Waals surface area contributed by atoms with Gasteiger partial charge in [-0.15, -0.1) is 0 Å². The van der Waals surface area contributed by atoms with Gasteiger partial charge in [0.25, 0.3) is 0 Å². The maximum atomic E-state index is 11.1. The van der Waals surface area contributed by atoms with Gasteiger partial charge in [0, 0.05) is 0 Å². The van der Waals surface area contributed by atoms with Gasteiger partial charge in [0.1, 0.15) is 17.2 Å². The topological polar surface area (TPSA) is 50.1 Å². The monoisotopic (exact) mass is 167 g/mol. The lowest BCUT2D eigenvalue weighted by molar-refractivity contribution is -0.149. The van der Waals surface area contributed by atoms with Gasteiger partial charge in [-0.3, -0.25) is 0 Å². The van der Waals surface area contributed by atoms with Gasteiger partial charge in [0.05, 0.1) is 0 Å². The Bertz CT molecular complexity index is 240. The van der Waals surface area contributed by atoms with E-state index in [9.17, 15) is 4.79 Å². The fourth-order valence-electron chi connectivity index (χ4n) is 0.561. The first-order valence-corrected chi connectivity index (χ1v) is 3.70. The second kappa shape index (κ2) is 3.91. The van der Waals surface area contributed by atoms with Crippen LogP contribution in [0.4, 0.5) is 0 Å². The summed E-state index contributed by atoms with van der Waals surface area (Å²) in [6, 6.07) is 1.76.